The summed E-state index contributed by atoms with van der Waals surface area (Å²) in [5.74, 6) is -0.202. The first-order chi connectivity index (χ1) is 17.5. The molecule has 1 N–H and O–H groups in total. The second-order valence-electron chi connectivity index (χ2n) is 8.54. The number of aryl methyl sites for hydroxylation is 1. The van der Waals surface area contributed by atoms with Crippen LogP contribution in [0.15, 0.2) is 114 Å². The van der Waals surface area contributed by atoms with Crippen molar-refractivity contribution >= 4 is 21.9 Å². The highest BCUT2D eigenvalue weighted by atomic mass is 79.9. The summed E-state index contributed by atoms with van der Waals surface area (Å²) in [6.07, 6.45) is 0. The number of nitrogens with zero attached hydrogens (tertiary/aromatic N) is 1. The van der Waals surface area contributed by atoms with Gasteiger partial charge in [-0.05, 0) is 72.1 Å². The highest BCUT2D eigenvalue weighted by molar-refractivity contribution is 9.10. The number of hydrogen-bond acceptors (Lipinski definition) is 2. The number of rotatable bonds is 7. The van der Waals surface area contributed by atoms with Crippen LogP contribution < -0.4 is 4.74 Å². The van der Waals surface area contributed by atoms with Gasteiger partial charge in [0, 0.05) is 21.4 Å². The summed E-state index contributed by atoms with van der Waals surface area (Å²) >= 11 is 3.60. The van der Waals surface area contributed by atoms with Gasteiger partial charge in [-0.2, -0.15) is 0 Å². The first-order valence-corrected chi connectivity index (χ1v) is 12.4. The Morgan fingerprint density at radius 3 is 2.33 bits per heavy atom. The van der Waals surface area contributed by atoms with Crippen LogP contribution in [-0.2, 0) is 6.61 Å². The standard InChI is InChI=1S/C31H24BrNO3/c1-21-10-16-29(33(21)27-9-5-8-25(18-27)31(34)35)28-19-26(32)15-17-30(28)36-20-22-11-13-24(14-12-22)23-6-3-2-4-7-23/h2-19H,20H2,1H3,(H,34,35). The Morgan fingerprint density at radius 1 is 0.833 bits per heavy atom. The maximum atomic E-state index is 11.5. The number of halogens is 1. The van der Waals surface area contributed by atoms with E-state index >= 15 is 0 Å². The second kappa shape index (κ2) is 10.3. The van der Waals surface area contributed by atoms with Gasteiger partial charge in [0.1, 0.15) is 12.4 Å². The number of aromatic carboxylic acids is 1. The number of benzene rings is 4. The van der Waals surface area contributed by atoms with E-state index in [2.05, 4.69) is 56.9 Å². The molecule has 5 rings (SSSR count). The molecule has 0 aliphatic rings. The van der Waals surface area contributed by atoms with E-state index in [1.165, 1.54) is 11.1 Å². The summed E-state index contributed by atoms with van der Waals surface area (Å²) in [6, 6.07) is 35.7. The number of hydrogen-bond donors (Lipinski definition) is 1. The predicted molar refractivity (Wildman–Crippen MR) is 147 cm³/mol. The fourth-order valence-electron chi connectivity index (χ4n) is 4.28. The molecule has 0 saturated heterocycles. The molecule has 0 amide bonds. The molecule has 1 heterocycles. The summed E-state index contributed by atoms with van der Waals surface area (Å²) in [5.41, 5.74) is 7.29. The van der Waals surface area contributed by atoms with Gasteiger partial charge in [0.25, 0.3) is 0 Å². The van der Waals surface area contributed by atoms with E-state index in [1.807, 2.05) is 61.5 Å². The minimum atomic E-state index is -0.951. The maximum absolute atomic E-state index is 11.5. The van der Waals surface area contributed by atoms with Crippen molar-refractivity contribution in [2.45, 2.75) is 13.5 Å². The lowest BCUT2D eigenvalue weighted by Gasteiger charge is -2.17. The van der Waals surface area contributed by atoms with Crippen LogP contribution in [0, 0.1) is 6.92 Å². The van der Waals surface area contributed by atoms with Gasteiger partial charge in [-0.3, -0.25) is 0 Å². The van der Waals surface area contributed by atoms with Crippen LogP contribution in [-0.4, -0.2) is 15.6 Å². The molecule has 0 spiro atoms. The van der Waals surface area contributed by atoms with Crippen LogP contribution in [0.3, 0.4) is 0 Å². The third kappa shape index (κ3) is 4.97. The van der Waals surface area contributed by atoms with Gasteiger partial charge >= 0.3 is 5.97 Å². The van der Waals surface area contributed by atoms with Gasteiger partial charge in [-0.25, -0.2) is 4.79 Å². The molecular formula is C31H24BrNO3. The Bertz CT molecular complexity index is 1520. The minimum Gasteiger partial charge on any atom is -0.488 e. The molecule has 0 bridgehead atoms. The first-order valence-electron chi connectivity index (χ1n) is 11.6. The lowest BCUT2D eigenvalue weighted by molar-refractivity contribution is 0.0697. The average Bonchev–Trinajstić information content (AvgIpc) is 3.30. The Hall–Kier alpha value is -4.09. The Labute approximate surface area is 218 Å². The van der Waals surface area contributed by atoms with Gasteiger partial charge in [0.15, 0.2) is 0 Å². The van der Waals surface area contributed by atoms with Crippen LogP contribution in [0.25, 0.3) is 28.1 Å². The second-order valence-corrected chi connectivity index (χ2v) is 9.46. The zero-order valence-corrected chi connectivity index (χ0v) is 21.3. The Balaban J connectivity index is 1.45. The molecular weight excluding hydrogens is 514 g/mol. The molecule has 1 aromatic heterocycles. The van der Waals surface area contributed by atoms with Gasteiger partial charge in [0.2, 0.25) is 0 Å². The lowest BCUT2D eigenvalue weighted by Crippen LogP contribution is -2.04. The van der Waals surface area contributed by atoms with Crippen molar-refractivity contribution in [3.63, 3.8) is 0 Å². The Kier molecular flexibility index (Phi) is 6.74. The fourth-order valence-corrected chi connectivity index (χ4v) is 4.64. The molecule has 4 nitrogen and oxygen atoms in total. The van der Waals surface area contributed by atoms with Gasteiger partial charge < -0.3 is 14.4 Å². The van der Waals surface area contributed by atoms with E-state index in [9.17, 15) is 9.90 Å². The zero-order valence-electron chi connectivity index (χ0n) is 19.7. The van der Waals surface area contributed by atoms with Crippen LogP contribution in [0.2, 0.25) is 0 Å². The maximum Gasteiger partial charge on any atom is 0.335 e. The van der Waals surface area contributed by atoms with Crippen molar-refractivity contribution in [1.29, 1.82) is 0 Å². The summed E-state index contributed by atoms with van der Waals surface area (Å²) in [7, 11) is 0. The largest absolute Gasteiger partial charge is 0.488 e. The molecule has 0 atom stereocenters. The normalized spacial score (nSPS) is 10.8. The number of carbonyl (C=O) groups is 1. The molecule has 178 valence electrons. The van der Waals surface area contributed by atoms with Crippen molar-refractivity contribution in [3.8, 4) is 33.8 Å². The molecule has 5 aromatic rings. The molecule has 0 radical (unpaired) electrons. The molecule has 36 heavy (non-hydrogen) atoms. The molecule has 5 heteroatoms. The lowest BCUT2D eigenvalue weighted by atomic mass is 10.0. The third-order valence-electron chi connectivity index (χ3n) is 6.10. The molecule has 0 fully saturated rings. The van der Waals surface area contributed by atoms with Crippen molar-refractivity contribution < 1.29 is 14.6 Å². The number of carboxylic acids is 1. The third-order valence-corrected chi connectivity index (χ3v) is 6.59. The van der Waals surface area contributed by atoms with E-state index in [0.717, 1.165) is 38.4 Å². The van der Waals surface area contributed by atoms with Crippen molar-refractivity contribution in [1.82, 2.24) is 4.57 Å². The first kappa shape index (κ1) is 23.6. The molecule has 0 aliphatic carbocycles. The fraction of sp³-hybridized carbons (Fsp3) is 0.0645. The average molecular weight is 538 g/mol. The molecule has 0 aliphatic heterocycles. The van der Waals surface area contributed by atoms with Crippen molar-refractivity contribution in [2.24, 2.45) is 0 Å². The van der Waals surface area contributed by atoms with Crippen LogP contribution in [0.1, 0.15) is 21.6 Å². The quantitative estimate of drug-likeness (QED) is 0.228. The van der Waals surface area contributed by atoms with Crippen LogP contribution >= 0.6 is 15.9 Å². The van der Waals surface area contributed by atoms with E-state index in [0.29, 0.717) is 6.61 Å². The number of ether oxygens (including phenoxy) is 1. The molecule has 0 saturated carbocycles. The monoisotopic (exact) mass is 537 g/mol. The number of carboxylic acid groups (broad SMARTS) is 1. The van der Waals surface area contributed by atoms with Crippen molar-refractivity contribution in [3.05, 3.63) is 130 Å². The highest BCUT2D eigenvalue weighted by Gasteiger charge is 2.16. The molecule has 0 unspecified atom stereocenters. The van der Waals surface area contributed by atoms with Crippen LogP contribution in [0.4, 0.5) is 0 Å². The summed E-state index contributed by atoms with van der Waals surface area (Å²) < 4.78 is 9.30. The topological polar surface area (TPSA) is 51.5 Å². The van der Waals surface area contributed by atoms with Crippen LogP contribution in [0.5, 0.6) is 5.75 Å². The summed E-state index contributed by atoms with van der Waals surface area (Å²) in [5, 5.41) is 9.47. The SMILES string of the molecule is Cc1ccc(-c2cc(Br)ccc2OCc2ccc(-c3ccccc3)cc2)n1-c1cccc(C(=O)O)c1. The molecule has 4 aromatic carbocycles. The van der Waals surface area contributed by atoms with Gasteiger partial charge in [-0.15, -0.1) is 0 Å². The highest BCUT2D eigenvalue weighted by Crippen LogP contribution is 2.36. The van der Waals surface area contributed by atoms with Gasteiger partial charge in [0.05, 0.1) is 11.3 Å². The van der Waals surface area contributed by atoms with E-state index in [1.54, 1.807) is 18.2 Å². The van der Waals surface area contributed by atoms with E-state index in [-0.39, 0.29) is 5.56 Å². The van der Waals surface area contributed by atoms with Crippen molar-refractivity contribution in [2.75, 3.05) is 0 Å². The predicted octanol–water partition coefficient (Wildman–Crippen LogP) is 8.16. The smallest absolute Gasteiger partial charge is 0.335 e. The summed E-state index contributed by atoms with van der Waals surface area (Å²) in [4.78, 5) is 11.5. The van der Waals surface area contributed by atoms with E-state index in [4.69, 9.17) is 4.74 Å². The minimum absolute atomic E-state index is 0.246. The van der Waals surface area contributed by atoms with E-state index < -0.39 is 5.97 Å². The van der Waals surface area contributed by atoms with Gasteiger partial charge in [-0.1, -0.05) is 76.6 Å². The Morgan fingerprint density at radius 2 is 1.58 bits per heavy atom. The zero-order chi connectivity index (χ0) is 25.1. The number of aromatic nitrogens is 1. The summed E-state index contributed by atoms with van der Waals surface area (Å²) in [6.45, 7) is 2.43.